The molecule has 3 nitrogen and oxygen atoms in total. The largest absolute Gasteiger partial charge is 0.443 e. The minimum atomic E-state index is -0.464. The maximum atomic E-state index is 11.9. The van der Waals surface area contributed by atoms with Crippen LogP contribution in [0.2, 0.25) is 5.02 Å². The van der Waals surface area contributed by atoms with E-state index >= 15 is 0 Å². The first-order valence-electron chi connectivity index (χ1n) is 6.78. The van der Waals surface area contributed by atoms with Gasteiger partial charge in [0.15, 0.2) is 0 Å². The van der Waals surface area contributed by atoms with Gasteiger partial charge in [-0.2, -0.15) is 0 Å². The summed E-state index contributed by atoms with van der Waals surface area (Å²) in [5, 5.41) is 0.741. The molecule has 1 aliphatic rings. The monoisotopic (exact) mass is 293 g/mol. The molecule has 0 saturated carbocycles. The molecule has 1 unspecified atom stereocenters. The Bertz CT molecular complexity index is 519. The van der Waals surface area contributed by atoms with E-state index in [0.29, 0.717) is 12.5 Å². The number of nitrogens with zero attached hydrogens (tertiary/aromatic N) is 1. The molecule has 20 heavy (non-hydrogen) atoms. The first-order chi connectivity index (χ1) is 9.35. The van der Waals surface area contributed by atoms with E-state index in [-0.39, 0.29) is 6.09 Å². The van der Waals surface area contributed by atoms with E-state index in [0.717, 1.165) is 11.4 Å². The molecule has 1 aromatic carbocycles. The lowest BCUT2D eigenvalue weighted by atomic mass is 9.94. The number of rotatable bonds is 1. The van der Waals surface area contributed by atoms with Crippen LogP contribution in [0.5, 0.6) is 0 Å². The third-order valence-electron chi connectivity index (χ3n) is 3.08. The first kappa shape index (κ1) is 14.9. The highest BCUT2D eigenvalue weighted by atomic mass is 35.5. The van der Waals surface area contributed by atoms with Crippen LogP contribution < -0.4 is 0 Å². The van der Waals surface area contributed by atoms with Gasteiger partial charge in [-0.3, -0.25) is 4.90 Å². The van der Waals surface area contributed by atoms with Gasteiger partial charge in [-0.25, -0.2) is 4.79 Å². The van der Waals surface area contributed by atoms with Crippen LogP contribution in [0.1, 0.15) is 38.7 Å². The van der Waals surface area contributed by atoms with E-state index in [1.54, 1.807) is 4.90 Å². The Morgan fingerprint density at radius 2 is 2.15 bits per heavy atom. The summed E-state index contributed by atoms with van der Waals surface area (Å²) in [4.78, 5) is 13.6. The molecule has 4 heteroatoms. The van der Waals surface area contributed by atoms with Crippen molar-refractivity contribution in [2.75, 3.05) is 6.54 Å². The third kappa shape index (κ3) is 4.01. The van der Waals surface area contributed by atoms with Gasteiger partial charge in [-0.15, -0.1) is 0 Å². The van der Waals surface area contributed by atoms with E-state index < -0.39 is 5.60 Å². The van der Waals surface area contributed by atoms with Crippen molar-refractivity contribution in [1.82, 2.24) is 4.90 Å². The van der Waals surface area contributed by atoms with Crippen LogP contribution in [0.4, 0.5) is 4.79 Å². The highest BCUT2D eigenvalue weighted by Crippen LogP contribution is 2.27. The Morgan fingerprint density at radius 1 is 1.40 bits per heavy atom. The molecule has 0 fully saturated rings. The van der Waals surface area contributed by atoms with Crippen LogP contribution in [0.3, 0.4) is 0 Å². The van der Waals surface area contributed by atoms with Crippen molar-refractivity contribution >= 4 is 17.7 Å². The average Bonchev–Trinajstić information content (AvgIpc) is 2.37. The van der Waals surface area contributed by atoms with Crippen molar-refractivity contribution in [2.24, 2.45) is 0 Å². The Labute approximate surface area is 125 Å². The Kier molecular flexibility index (Phi) is 4.39. The predicted octanol–water partition coefficient (Wildman–Crippen LogP) is 4.58. The zero-order valence-electron chi connectivity index (χ0n) is 12.1. The van der Waals surface area contributed by atoms with Crippen LogP contribution in [0.15, 0.2) is 36.5 Å². The number of hydrogen-bond donors (Lipinski definition) is 0. The number of allylic oxidation sites excluding steroid dienone is 1. The van der Waals surface area contributed by atoms with Gasteiger partial charge in [0, 0.05) is 23.7 Å². The van der Waals surface area contributed by atoms with Gasteiger partial charge >= 0.3 is 6.09 Å². The predicted molar refractivity (Wildman–Crippen MR) is 80.9 cm³/mol. The van der Waals surface area contributed by atoms with Crippen molar-refractivity contribution in [3.63, 3.8) is 0 Å². The Hall–Kier alpha value is -1.48. The molecule has 0 N–H and O–H groups in total. The summed E-state index contributed by atoms with van der Waals surface area (Å²) in [6.07, 6.45) is 4.41. The topological polar surface area (TPSA) is 29.5 Å². The summed E-state index contributed by atoms with van der Waals surface area (Å²) in [6.45, 7) is 6.26. The van der Waals surface area contributed by atoms with Crippen molar-refractivity contribution in [2.45, 2.75) is 38.7 Å². The van der Waals surface area contributed by atoms with E-state index in [4.69, 9.17) is 16.3 Å². The number of amides is 1. The molecule has 0 saturated heterocycles. The quantitative estimate of drug-likeness (QED) is 0.758. The summed E-state index contributed by atoms with van der Waals surface area (Å²) in [5.41, 5.74) is 0.715. The van der Waals surface area contributed by atoms with Gasteiger partial charge in [0.05, 0.1) is 0 Å². The second kappa shape index (κ2) is 5.88. The second-order valence-electron chi connectivity index (χ2n) is 5.97. The average molecular weight is 294 g/mol. The lowest BCUT2D eigenvalue weighted by Crippen LogP contribution is -2.36. The van der Waals surface area contributed by atoms with Crippen molar-refractivity contribution in [3.8, 4) is 0 Å². The molecule has 1 aliphatic heterocycles. The van der Waals surface area contributed by atoms with Crippen molar-refractivity contribution in [1.29, 1.82) is 0 Å². The van der Waals surface area contributed by atoms with Crippen LogP contribution >= 0.6 is 11.6 Å². The lowest BCUT2D eigenvalue weighted by molar-refractivity contribution is 0.0324. The smallest absolute Gasteiger partial charge is 0.414 e. The fourth-order valence-corrected chi connectivity index (χ4v) is 2.34. The molecule has 2 rings (SSSR count). The van der Waals surface area contributed by atoms with E-state index in [9.17, 15) is 4.79 Å². The summed E-state index contributed by atoms with van der Waals surface area (Å²) in [5.74, 6) is 0.299. The zero-order chi connectivity index (χ0) is 14.8. The molecule has 0 aromatic heterocycles. The highest BCUT2D eigenvalue weighted by Gasteiger charge is 2.24. The standard InChI is InChI=1S/C16H20ClNO2/c1-16(2,3)20-15(19)18-9-7-12(8-10-18)13-5-4-6-14(17)11-13/h4-7,9,11-12H,8,10H2,1-3H3. The fraction of sp³-hybridized carbons (Fsp3) is 0.438. The number of benzene rings is 1. The first-order valence-corrected chi connectivity index (χ1v) is 7.16. The maximum absolute atomic E-state index is 11.9. The SMILES string of the molecule is CC(C)(C)OC(=O)N1C=CC(c2cccc(Cl)c2)CC1. The second-order valence-corrected chi connectivity index (χ2v) is 6.40. The third-order valence-corrected chi connectivity index (χ3v) is 3.32. The molecule has 108 valence electrons. The van der Waals surface area contributed by atoms with Gasteiger partial charge in [0.25, 0.3) is 0 Å². The summed E-state index contributed by atoms with van der Waals surface area (Å²) >= 11 is 6.01. The fourth-order valence-electron chi connectivity index (χ4n) is 2.14. The van der Waals surface area contributed by atoms with Crippen molar-refractivity contribution < 1.29 is 9.53 Å². The molecule has 0 radical (unpaired) electrons. The minimum Gasteiger partial charge on any atom is -0.443 e. The summed E-state index contributed by atoms with van der Waals surface area (Å²) < 4.78 is 5.35. The number of ether oxygens (including phenoxy) is 1. The van der Waals surface area contributed by atoms with Crippen molar-refractivity contribution in [3.05, 3.63) is 47.1 Å². The maximum Gasteiger partial charge on any atom is 0.414 e. The number of carbonyl (C=O) groups excluding carboxylic acids is 1. The van der Waals surface area contributed by atoms with Crippen LogP contribution in [-0.4, -0.2) is 23.1 Å². The number of hydrogen-bond acceptors (Lipinski definition) is 2. The summed E-state index contributed by atoms with van der Waals surface area (Å²) in [7, 11) is 0. The molecule has 0 bridgehead atoms. The van der Waals surface area contributed by atoms with E-state index in [1.165, 1.54) is 5.56 Å². The minimum absolute atomic E-state index is 0.293. The molecule has 1 atom stereocenters. The molecule has 1 aromatic rings. The molecule has 1 heterocycles. The van der Waals surface area contributed by atoms with Crippen LogP contribution in [0, 0.1) is 0 Å². The van der Waals surface area contributed by atoms with Gasteiger partial charge in [-0.1, -0.05) is 29.8 Å². The number of halogens is 1. The molecular weight excluding hydrogens is 274 g/mol. The Morgan fingerprint density at radius 3 is 2.70 bits per heavy atom. The van der Waals surface area contributed by atoms with Gasteiger partial charge in [0.2, 0.25) is 0 Å². The highest BCUT2D eigenvalue weighted by molar-refractivity contribution is 6.30. The molecule has 0 aliphatic carbocycles. The zero-order valence-corrected chi connectivity index (χ0v) is 12.9. The van der Waals surface area contributed by atoms with E-state index in [2.05, 4.69) is 6.07 Å². The summed E-state index contributed by atoms with van der Waals surface area (Å²) in [6, 6.07) is 7.85. The normalized spacial score (nSPS) is 19.0. The van der Waals surface area contributed by atoms with Gasteiger partial charge in [-0.05, 0) is 44.9 Å². The number of carbonyl (C=O) groups is 1. The molecule has 0 spiro atoms. The van der Waals surface area contributed by atoms with Gasteiger partial charge in [0.1, 0.15) is 5.60 Å². The molecule has 1 amide bonds. The van der Waals surface area contributed by atoms with Gasteiger partial charge < -0.3 is 4.74 Å². The Balaban J connectivity index is 2.02. The van der Waals surface area contributed by atoms with E-state index in [1.807, 2.05) is 51.2 Å². The van der Waals surface area contributed by atoms with Crippen LogP contribution in [-0.2, 0) is 4.74 Å². The van der Waals surface area contributed by atoms with Crippen LogP contribution in [0.25, 0.3) is 0 Å². The molecular formula is C16H20ClNO2. The lowest BCUT2D eigenvalue weighted by Gasteiger charge is -2.29.